The van der Waals surface area contributed by atoms with Crippen molar-refractivity contribution in [1.82, 2.24) is 10.2 Å². The van der Waals surface area contributed by atoms with E-state index in [9.17, 15) is 9.59 Å². The SMILES string of the molecule is CCCCC(NC(=O)N1CC(C)OC(C)C1)C(=O)O. The number of urea groups is 1. The van der Waals surface area contributed by atoms with Crippen molar-refractivity contribution in [2.75, 3.05) is 13.1 Å². The Labute approximate surface area is 114 Å². The molecule has 1 heterocycles. The van der Waals surface area contributed by atoms with Gasteiger partial charge in [-0.05, 0) is 20.3 Å². The molecule has 0 saturated carbocycles. The number of amides is 2. The van der Waals surface area contributed by atoms with Gasteiger partial charge < -0.3 is 20.1 Å². The summed E-state index contributed by atoms with van der Waals surface area (Å²) >= 11 is 0. The molecule has 1 rings (SSSR count). The molecule has 0 aromatic carbocycles. The molecule has 1 aliphatic heterocycles. The second-order valence-electron chi connectivity index (χ2n) is 5.14. The second-order valence-corrected chi connectivity index (χ2v) is 5.14. The Kier molecular flexibility index (Phi) is 6.08. The lowest BCUT2D eigenvalue weighted by atomic mass is 10.1. The zero-order valence-corrected chi connectivity index (χ0v) is 11.9. The van der Waals surface area contributed by atoms with Gasteiger partial charge in [-0.2, -0.15) is 0 Å². The maximum Gasteiger partial charge on any atom is 0.326 e. The third-order valence-corrected chi connectivity index (χ3v) is 3.15. The monoisotopic (exact) mass is 272 g/mol. The summed E-state index contributed by atoms with van der Waals surface area (Å²) in [5.74, 6) is -0.976. The minimum atomic E-state index is -0.976. The van der Waals surface area contributed by atoms with E-state index < -0.39 is 12.0 Å². The summed E-state index contributed by atoms with van der Waals surface area (Å²) in [5, 5.41) is 11.7. The van der Waals surface area contributed by atoms with Gasteiger partial charge in [0.1, 0.15) is 6.04 Å². The summed E-state index contributed by atoms with van der Waals surface area (Å²) < 4.78 is 5.55. The molecule has 3 unspecified atom stereocenters. The molecule has 110 valence electrons. The molecule has 19 heavy (non-hydrogen) atoms. The first kappa shape index (κ1) is 15.8. The van der Waals surface area contributed by atoms with E-state index in [-0.39, 0.29) is 18.2 Å². The van der Waals surface area contributed by atoms with Crippen LogP contribution < -0.4 is 5.32 Å². The Hall–Kier alpha value is -1.30. The first-order chi connectivity index (χ1) is 8.93. The van der Waals surface area contributed by atoms with Crippen LogP contribution in [0.3, 0.4) is 0 Å². The minimum Gasteiger partial charge on any atom is -0.480 e. The second kappa shape index (κ2) is 7.33. The molecule has 0 aliphatic carbocycles. The van der Waals surface area contributed by atoms with Gasteiger partial charge >= 0.3 is 12.0 Å². The van der Waals surface area contributed by atoms with Crippen molar-refractivity contribution in [2.24, 2.45) is 0 Å². The van der Waals surface area contributed by atoms with Crippen LogP contribution in [0.4, 0.5) is 4.79 Å². The quantitative estimate of drug-likeness (QED) is 0.794. The predicted octanol–water partition coefficient (Wildman–Crippen LogP) is 1.45. The van der Waals surface area contributed by atoms with Crippen LogP contribution in [0.2, 0.25) is 0 Å². The Morgan fingerprint density at radius 2 is 1.95 bits per heavy atom. The average molecular weight is 272 g/mol. The molecule has 0 radical (unpaired) electrons. The first-order valence-electron chi connectivity index (χ1n) is 6.87. The van der Waals surface area contributed by atoms with Crippen LogP contribution >= 0.6 is 0 Å². The van der Waals surface area contributed by atoms with Gasteiger partial charge in [0.05, 0.1) is 12.2 Å². The third kappa shape index (κ3) is 5.06. The number of hydrogen-bond acceptors (Lipinski definition) is 3. The van der Waals surface area contributed by atoms with Crippen LogP contribution in [-0.4, -0.2) is 53.3 Å². The number of carbonyl (C=O) groups excluding carboxylic acids is 1. The zero-order chi connectivity index (χ0) is 14.4. The molecule has 2 amide bonds. The Morgan fingerprint density at radius 3 is 2.42 bits per heavy atom. The van der Waals surface area contributed by atoms with Crippen molar-refractivity contribution in [2.45, 2.75) is 58.3 Å². The van der Waals surface area contributed by atoms with Gasteiger partial charge in [-0.1, -0.05) is 19.8 Å². The topological polar surface area (TPSA) is 78.9 Å². The fourth-order valence-corrected chi connectivity index (χ4v) is 2.25. The highest BCUT2D eigenvalue weighted by Crippen LogP contribution is 2.11. The molecule has 1 fully saturated rings. The van der Waals surface area contributed by atoms with Gasteiger partial charge in [0.25, 0.3) is 0 Å². The minimum absolute atomic E-state index is 0.0200. The number of carboxylic acids is 1. The molecule has 0 bridgehead atoms. The van der Waals surface area contributed by atoms with Gasteiger partial charge in [0.15, 0.2) is 0 Å². The van der Waals surface area contributed by atoms with E-state index in [1.54, 1.807) is 4.90 Å². The first-order valence-corrected chi connectivity index (χ1v) is 6.87. The van der Waals surface area contributed by atoms with Gasteiger partial charge in [0.2, 0.25) is 0 Å². The van der Waals surface area contributed by atoms with E-state index >= 15 is 0 Å². The molecule has 0 aromatic heterocycles. The summed E-state index contributed by atoms with van der Waals surface area (Å²) in [7, 11) is 0. The van der Waals surface area contributed by atoms with Gasteiger partial charge in [0, 0.05) is 13.1 Å². The fourth-order valence-electron chi connectivity index (χ4n) is 2.25. The van der Waals surface area contributed by atoms with Crippen LogP contribution in [0, 0.1) is 0 Å². The summed E-state index contributed by atoms with van der Waals surface area (Å²) in [6.07, 6.45) is 2.12. The molecule has 2 N–H and O–H groups in total. The molecule has 3 atom stereocenters. The van der Waals surface area contributed by atoms with E-state index in [1.165, 1.54) is 0 Å². The average Bonchev–Trinajstić information content (AvgIpc) is 2.32. The van der Waals surface area contributed by atoms with E-state index in [0.717, 1.165) is 12.8 Å². The Morgan fingerprint density at radius 1 is 1.37 bits per heavy atom. The summed E-state index contributed by atoms with van der Waals surface area (Å²) in [6, 6.07) is -1.12. The van der Waals surface area contributed by atoms with Crippen molar-refractivity contribution in [1.29, 1.82) is 0 Å². The number of rotatable bonds is 5. The normalized spacial score (nSPS) is 24.9. The fraction of sp³-hybridized carbons (Fsp3) is 0.846. The smallest absolute Gasteiger partial charge is 0.326 e. The highest BCUT2D eigenvalue weighted by molar-refractivity contribution is 5.82. The lowest BCUT2D eigenvalue weighted by Gasteiger charge is -2.35. The van der Waals surface area contributed by atoms with Gasteiger partial charge in [-0.15, -0.1) is 0 Å². The number of morpholine rings is 1. The number of carbonyl (C=O) groups is 2. The maximum absolute atomic E-state index is 12.1. The largest absolute Gasteiger partial charge is 0.480 e. The molecule has 1 aliphatic rings. The molecular formula is C13H24N2O4. The van der Waals surface area contributed by atoms with Gasteiger partial charge in [-0.25, -0.2) is 9.59 Å². The molecule has 0 spiro atoms. The molecular weight excluding hydrogens is 248 g/mol. The molecule has 1 saturated heterocycles. The summed E-state index contributed by atoms with van der Waals surface area (Å²) in [4.78, 5) is 24.8. The van der Waals surface area contributed by atoms with Crippen LogP contribution in [-0.2, 0) is 9.53 Å². The Bertz CT molecular complexity index is 312. The van der Waals surface area contributed by atoms with Crippen LogP contribution in [0.15, 0.2) is 0 Å². The van der Waals surface area contributed by atoms with E-state index in [4.69, 9.17) is 9.84 Å². The van der Waals surface area contributed by atoms with Crippen molar-refractivity contribution in [3.05, 3.63) is 0 Å². The number of carboxylic acid groups (broad SMARTS) is 1. The van der Waals surface area contributed by atoms with Crippen molar-refractivity contribution in [3.8, 4) is 0 Å². The number of hydrogen-bond donors (Lipinski definition) is 2. The van der Waals surface area contributed by atoms with Gasteiger partial charge in [-0.3, -0.25) is 0 Å². The standard InChI is InChI=1S/C13H24N2O4/c1-4-5-6-11(12(16)17)14-13(18)15-7-9(2)19-10(3)8-15/h9-11H,4-8H2,1-3H3,(H,14,18)(H,16,17). The van der Waals surface area contributed by atoms with E-state index in [2.05, 4.69) is 5.32 Å². The highest BCUT2D eigenvalue weighted by Gasteiger charge is 2.28. The maximum atomic E-state index is 12.1. The van der Waals surface area contributed by atoms with Crippen LogP contribution in [0.25, 0.3) is 0 Å². The van der Waals surface area contributed by atoms with E-state index in [0.29, 0.717) is 19.5 Å². The van der Waals surface area contributed by atoms with E-state index in [1.807, 2.05) is 20.8 Å². The molecule has 6 heteroatoms. The highest BCUT2D eigenvalue weighted by atomic mass is 16.5. The molecule has 0 aromatic rings. The third-order valence-electron chi connectivity index (χ3n) is 3.15. The van der Waals surface area contributed by atoms with Crippen molar-refractivity contribution >= 4 is 12.0 Å². The lowest BCUT2D eigenvalue weighted by Crippen LogP contribution is -2.54. The van der Waals surface area contributed by atoms with Crippen LogP contribution in [0.5, 0.6) is 0 Å². The number of aliphatic carboxylic acids is 1. The summed E-state index contributed by atoms with van der Waals surface area (Å²) in [5.41, 5.74) is 0. The number of nitrogens with one attached hydrogen (secondary N) is 1. The Balaban J connectivity index is 2.53. The van der Waals surface area contributed by atoms with Crippen LogP contribution in [0.1, 0.15) is 40.0 Å². The zero-order valence-electron chi connectivity index (χ0n) is 11.9. The number of nitrogens with zero attached hydrogens (tertiary/aromatic N) is 1. The summed E-state index contributed by atoms with van der Waals surface area (Å²) in [6.45, 7) is 6.79. The number of unbranched alkanes of at least 4 members (excludes halogenated alkanes) is 1. The van der Waals surface area contributed by atoms with Crippen molar-refractivity contribution in [3.63, 3.8) is 0 Å². The molecule has 6 nitrogen and oxygen atoms in total. The number of ether oxygens (including phenoxy) is 1. The lowest BCUT2D eigenvalue weighted by molar-refractivity contribution is -0.139. The predicted molar refractivity (Wildman–Crippen MR) is 71.1 cm³/mol. The van der Waals surface area contributed by atoms with Crippen molar-refractivity contribution < 1.29 is 19.4 Å².